The lowest BCUT2D eigenvalue weighted by Gasteiger charge is -2.10. The van der Waals surface area contributed by atoms with Crippen LogP contribution in [0.1, 0.15) is 16.7 Å². The largest absolute Gasteiger partial charge is 0.280 e. The maximum absolute atomic E-state index is 13.3. The lowest BCUT2D eigenvalue weighted by atomic mass is 10.1. The van der Waals surface area contributed by atoms with Gasteiger partial charge in [-0.05, 0) is 42.7 Å². The third-order valence-electron chi connectivity index (χ3n) is 5.01. The fraction of sp³-hybridized carbons (Fsp3) is 0.125. The van der Waals surface area contributed by atoms with Crippen molar-refractivity contribution in [1.82, 2.24) is 9.78 Å². The van der Waals surface area contributed by atoms with Gasteiger partial charge in [0.1, 0.15) is 10.6 Å². The molecule has 0 aliphatic rings. The molecule has 1 aromatic heterocycles. The molecule has 0 fully saturated rings. The summed E-state index contributed by atoms with van der Waals surface area (Å²) in [6.07, 6.45) is 1.60. The highest BCUT2D eigenvalue weighted by Gasteiger charge is 2.24. The summed E-state index contributed by atoms with van der Waals surface area (Å²) >= 11 is 0. The van der Waals surface area contributed by atoms with Crippen molar-refractivity contribution in [3.63, 3.8) is 0 Å². The van der Waals surface area contributed by atoms with Gasteiger partial charge in [-0.1, -0.05) is 66.7 Å². The minimum atomic E-state index is -3.83. The summed E-state index contributed by atoms with van der Waals surface area (Å²) in [6.45, 7) is 4.44. The number of aromatic nitrogens is 2. The molecule has 1 heterocycles. The zero-order chi connectivity index (χ0) is 21.1. The Balaban J connectivity index is 1.75. The van der Waals surface area contributed by atoms with Crippen molar-refractivity contribution in [2.24, 2.45) is 0 Å². The van der Waals surface area contributed by atoms with Gasteiger partial charge in [-0.2, -0.15) is 5.10 Å². The van der Waals surface area contributed by atoms with E-state index in [-0.39, 0.29) is 4.90 Å². The first kappa shape index (κ1) is 19.9. The Hall–Kier alpha value is -3.38. The molecule has 5 nitrogen and oxygen atoms in total. The molecule has 152 valence electrons. The first-order valence-electron chi connectivity index (χ1n) is 9.69. The monoisotopic (exact) mass is 417 g/mol. The fourth-order valence-corrected chi connectivity index (χ4v) is 4.48. The zero-order valence-electron chi connectivity index (χ0n) is 16.9. The van der Waals surface area contributed by atoms with Crippen molar-refractivity contribution >= 4 is 15.7 Å². The predicted octanol–water partition coefficient (Wildman–Crippen LogP) is 5.02. The topological polar surface area (TPSA) is 64.0 Å². The lowest BCUT2D eigenvalue weighted by Crippen LogP contribution is -2.13. The van der Waals surface area contributed by atoms with Crippen LogP contribution in [0.4, 0.5) is 5.69 Å². The highest BCUT2D eigenvalue weighted by Crippen LogP contribution is 2.28. The molecular formula is C24H23N3O2S. The summed E-state index contributed by atoms with van der Waals surface area (Å²) in [5, 5.41) is 4.61. The summed E-state index contributed by atoms with van der Waals surface area (Å²) < 4.78 is 31.0. The quantitative estimate of drug-likeness (QED) is 0.479. The van der Waals surface area contributed by atoms with Crippen LogP contribution in [0, 0.1) is 13.8 Å². The third-order valence-corrected chi connectivity index (χ3v) is 6.39. The molecule has 0 saturated heterocycles. The number of benzene rings is 3. The first-order chi connectivity index (χ1) is 14.4. The molecule has 0 radical (unpaired) electrons. The number of aryl methyl sites for hydroxylation is 2. The molecular weight excluding hydrogens is 394 g/mol. The number of nitrogens with one attached hydrogen (secondary N) is 1. The van der Waals surface area contributed by atoms with Crippen molar-refractivity contribution in [3.8, 4) is 11.3 Å². The Labute approximate surface area is 177 Å². The highest BCUT2D eigenvalue weighted by molar-refractivity contribution is 7.92. The van der Waals surface area contributed by atoms with E-state index in [0.717, 1.165) is 22.3 Å². The van der Waals surface area contributed by atoms with Crippen molar-refractivity contribution in [1.29, 1.82) is 0 Å². The number of anilines is 1. The van der Waals surface area contributed by atoms with Gasteiger partial charge >= 0.3 is 0 Å². The molecule has 0 atom stereocenters. The minimum absolute atomic E-state index is 0.155. The van der Waals surface area contributed by atoms with E-state index >= 15 is 0 Å². The van der Waals surface area contributed by atoms with Crippen LogP contribution in [0.2, 0.25) is 0 Å². The molecule has 0 saturated carbocycles. The summed E-state index contributed by atoms with van der Waals surface area (Å²) in [5.74, 6) is 0. The van der Waals surface area contributed by atoms with E-state index in [2.05, 4.69) is 9.82 Å². The molecule has 0 aliphatic carbocycles. The number of rotatable bonds is 6. The van der Waals surface area contributed by atoms with Crippen LogP contribution >= 0.6 is 0 Å². The molecule has 0 amide bonds. The standard InChI is InChI=1S/C24H23N3O2S/c1-18-13-14-22(15-19(18)2)26-30(28,29)23-17-27(16-20-9-5-3-6-10-20)25-24(23)21-11-7-4-8-12-21/h3-15,17,26H,16H2,1-2H3. The van der Waals surface area contributed by atoms with Gasteiger partial charge in [-0.15, -0.1) is 0 Å². The number of hydrogen-bond donors (Lipinski definition) is 1. The SMILES string of the molecule is Cc1ccc(NS(=O)(=O)c2cn(Cc3ccccc3)nc2-c2ccccc2)cc1C. The van der Waals surface area contributed by atoms with Crippen LogP contribution in [-0.4, -0.2) is 18.2 Å². The summed E-state index contributed by atoms with van der Waals surface area (Å²) in [6, 6.07) is 24.7. The summed E-state index contributed by atoms with van der Waals surface area (Å²) in [7, 11) is -3.83. The van der Waals surface area contributed by atoms with Crippen molar-refractivity contribution in [3.05, 3.63) is 102 Å². The van der Waals surface area contributed by atoms with Gasteiger partial charge in [-0.3, -0.25) is 9.40 Å². The summed E-state index contributed by atoms with van der Waals surface area (Å²) in [4.78, 5) is 0.155. The molecule has 30 heavy (non-hydrogen) atoms. The van der Waals surface area contributed by atoms with Crippen LogP contribution in [0.15, 0.2) is 90.0 Å². The summed E-state index contributed by atoms with van der Waals surface area (Å²) in [5.41, 5.74) is 4.91. The van der Waals surface area contributed by atoms with E-state index in [1.165, 1.54) is 0 Å². The van der Waals surface area contributed by atoms with E-state index in [4.69, 9.17) is 0 Å². The van der Waals surface area contributed by atoms with Crippen molar-refractivity contribution in [2.45, 2.75) is 25.3 Å². The van der Waals surface area contributed by atoms with E-state index in [1.807, 2.05) is 86.6 Å². The fourth-order valence-electron chi connectivity index (χ4n) is 3.26. The molecule has 0 unspecified atom stereocenters. The molecule has 4 aromatic rings. The normalized spacial score (nSPS) is 11.4. The van der Waals surface area contributed by atoms with Crippen LogP contribution in [0.25, 0.3) is 11.3 Å². The smallest absolute Gasteiger partial charge is 0.265 e. The van der Waals surface area contributed by atoms with Crippen LogP contribution in [0.5, 0.6) is 0 Å². The second kappa shape index (κ2) is 8.16. The van der Waals surface area contributed by atoms with Gasteiger partial charge in [0.25, 0.3) is 10.0 Å². The second-order valence-electron chi connectivity index (χ2n) is 7.30. The van der Waals surface area contributed by atoms with Crippen LogP contribution in [0.3, 0.4) is 0 Å². The third kappa shape index (κ3) is 4.28. The Bertz CT molecular complexity index is 1260. The van der Waals surface area contributed by atoms with Gasteiger partial charge in [0, 0.05) is 17.4 Å². The molecule has 0 aliphatic heterocycles. The average molecular weight is 418 g/mol. The molecule has 6 heteroatoms. The lowest BCUT2D eigenvalue weighted by molar-refractivity contribution is 0.601. The zero-order valence-corrected chi connectivity index (χ0v) is 17.7. The predicted molar refractivity (Wildman–Crippen MR) is 120 cm³/mol. The molecule has 3 aromatic carbocycles. The molecule has 0 bridgehead atoms. The van der Waals surface area contributed by atoms with E-state index in [1.54, 1.807) is 16.9 Å². The number of hydrogen-bond acceptors (Lipinski definition) is 3. The molecule has 4 rings (SSSR count). The van der Waals surface area contributed by atoms with E-state index < -0.39 is 10.0 Å². The Morgan fingerprint density at radius 1 is 0.867 bits per heavy atom. The van der Waals surface area contributed by atoms with Gasteiger partial charge in [0.2, 0.25) is 0 Å². The van der Waals surface area contributed by atoms with Gasteiger partial charge < -0.3 is 0 Å². The molecule has 0 spiro atoms. The van der Waals surface area contributed by atoms with E-state index in [0.29, 0.717) is 17.9 Å². The Morgan fingerprint density at radius 2 is 1.53 bits per heavy atom. The Kier molecular flexibility index (Phi) is 5.42. The van der Waals surface area contributed by atoms with Crippen LogP contribution in [-0.2, 0) is 16.6 Å². The van der Waals surface area contributed by atoms with Crippen molar-refractivity contribution in [2.75, 3.05) is 4.72 Å². The van der Waals surface area contributed by atoms with E-state index in [9.17, 15) is 8.42 Å². The van der Waals surface area contributed by atoms with Crippen molar-refractivity contribution < 1.29 is 8.42 Å². The van der Waals surface area contributed by atoms with Crippen LogP contribution < -0.4 is 4.72 Å². The van der Waals surface area contributed by atoms with Gasteiger partial charge in [0.15, 0.2) is 0 Å². The number of nitrogens with zero attached hydrogens (tertiary/aromatic N) is 2. The minimum Gasteiger partial charge on any atom is -0.280 e. The average Bonchev–Trinajstić information content (AvgIpc) is 3.17. The molecule has 1 N–H and O–H groups in total. The first-order valence-corrected chi connectivity index (χ1v) is 11.2. The second-order valence-corrected chi connectivity index (χ2v) is 8.95. The highest BCUT2D eigenvalue weighted by atomic mass is 32.2. The number of sulfonamides is 1. The Morgan fingerprint density at radius 3 is 2.20 bits per heavy atom. The van der Waals surface area contributed by atoms with Gasteiger partial charge in [0.05, 0.1) is 6.54 Å². The van der Waals surface area contributed by atoms with Gasteiger partial charge in [-0.25, -0.2) is 8.42 Å². The maximum Gasteiger partial charge on any atom is 0.265 e. The maximum atomic E-state index is 13.3.